The fraction of sp³-hybridized carbons (Fsp3) is 0.0667. The zero-order valence-corrected chi connectivity index (χ0v) is 11.9. The fourth-order valence-corrected chi connectivity index (χ4v) is 2.95. The number of fused-ring (bicyclic) bond motifs is 1. The number of phenolic OH excluding ortho intramolecular Hbond substituents is 1. The molecule has 3 rings (SSSR count). The van der Waals surface area contributed by atoms with Crippen LogP contribution < -0.4 is 0 Å². The molecule has 0 saturated heterocycles. The van der Waals surface area contributed by atoms with E-state index in [1.54, 1.807) is 12.1 Å². The highest BCUT2D eigenvalue weighted by Crippen LogP contribution is 2.44. The summed E-state index contributed by atoms with van der Waals surface area (Å²) in [5, 5.41) is 20.6. The van der Waals surface area contributed by atoms with Crippen molar-refractivity contribution >= 4 is 34.8 Å². The predicted molar refractivity (Wildman–Crippen MR) is 77.1 cm³/mol. The Bertz CT molecular complexity index is 763. The molecule has 1 aliphatic carbocycles. The summed E-state index contributed by atoms with van der Waals surface area (Å²) in [5.41, 5.74) is -2.63. The number of aromatic hydroxyl groups is 1. The molecule has 0 radical (unpaired) electrons. The summed E-state index contributed by atoms with van der Waals surface area (Å²) in [7, 11) is 0. The molecule has 0 fully saturated rings. The number of aliphatic hydroxyl groups is 1. The Morgan fingerprint density at radius 3 is 2.00 bits per heavy atom. The van der Waals surface area contributed by atoms with Gasteiger partial charge < -0.3 is 10.2 Å². The number of hydrogen-bond acceptors (Lipinski definition) is 4. The third kappa shape index (κ3) is 1.80. The summed E-state index contributed by atoms with van der Waals surface area (Å²) in [4.78, 5) is 24.9. The highest BCUT2D eigenvalue weighted by atomic mass is 35.5. The molecule has 0 saturated carbocycles. The van der Waals surface area contributed by atoms with Gasteiger partial charge in [0.1, 0.15) is 5.75 Å². The minimum atomic E-state index is -2.51. The van der Waals surface area contributed by atoms with Gasteiger partial charge in [0.15, 0.2) is 0 Å². The Kier molecular flexibility index (Phi) is 3.06. The van der Waals surface area contributed by atoms with Gasteiger partial charge in [-0.2, -0.15) is 0 Å². The first-order valence-corrected chi connectivity index (χ1v) is 6.72. The van der Waals surface area contributed by atoms with E-state index in [9.17, 15) is 19.8 Å². The molecule has 0 amide bonds. The first-order chi connectivity index (χ1) is 9.87. The molecule has 2 aromatic rings. The van der Waals surface area contributed by atoms with Gasteiger partial charge in [-0.05, 0) is 12.1 Å². The maximum absolute atomic E-state index is 12.4. The van der Waals surface area contributed by atoms with E-state index in [0.717, 1.165) is 6.07 Å². The van der Waals surface area contributed by atoms with Crippen molar-refractivity contribution in [2.45, 2.75) is 5.60 Å². The van der Waals surface area contributed by atoms with Crippen LogP contribution in [-0.2, 0) is 5.60 Å². The zero-order chi connectivity index (χ0) is 15.4. The monoisotopic (exact) mass is 322 g/mol. The van der Waals surface area contributed by atoms with E-state index in [4.69, 9.17) is 23.2 Å². The number of phenols is 1. The minimum Gasteiger partial charge on any atom is -0.506 e. The molecule has 2 N–H and O–H groups in total. The van der Waals surface area contributed by atoms with Crippen LogP contribution in [0, 0.1) is 0 Å². The molecule has 0 heterocycles. The lowest BCUT2D eigenvalue weighted by molar-refractivity contribution is 0.0313. The van der Waals surface area contributed by atoms with Crippen molar-refractivity contribution in [3.63, 3.8) is 0 Å². The Balaban J connectivity index is 2.29. The summed E-state index contributed by atoms with van der Waals surface area (Å²) >= 11 is 11.6. The van der Waals surface area contributed by atoms with E-state index in [1.165, 1.54) is 18.2 Å². The van der Waals surface area contributed by atoms with Gasteiger partial charge in [-0.15, -0.1) is 0 Å². The average Bonchev–Trinajstić information content (AvgIpc) is 2.66. The number of benzene rings is 2. The van der Waals surface area contributed by atoms with Crippen LogP contribution in [0.1, 0.15) is 26.3 Å². The lowest BCUT2D eigenvalue weighted by Crippen LogP contribution is -2.38. The third-order valence-electron chi connectivity index (χ3n) is 3.49. The van der Waals surface area contributed by atoms with Gasteiger partial charge in [-0.3, -0.25) is 9.59 Å². The van der Waals surface area contributed by atoms with Crippen molar-refractivity contribution < 1.29 is 19.8 Å². The highest BCUT2D eigenvalue weighted by molar-refractivity contribution is 6.37. The number of hydrogen-bond donors (Lipinski definition) is 2. The van der Waals surface area contributed by atoms with Crippen LogP contribution >= 0.6 is 23.2 Å². The quantitative estimate of drug-likeness (QED) is 0.791. The molecule has 0 bridgehead atoms. The van der Waals surface area contributed by atoms with E-state index in [1.807, 2.05) is 0 Å². The second-order valence-corrected chi connectivity index (χ2v) is 5.54. The molecule has 0 aliphatic heterocycles. The van der Waals surface area contributed by atoms with Crippen molar-refractivity contribution in [2.75, 3.05) is 0 Å². The minimum absolute atomic E-state index is 0.0952. The van der Waals surface area contributed by atoms with Crippen LogP contribution in [0.25, 0.3) is 0 Å². The van der Waals surface area contributed by atoms with Crippen LogP contribution in [0.3, 0.4) is 0 Å². The van der Waals surface area contributed by atoms with Crippen molar-refractivity contribution in [3.8, 4) is 5.75 Å². The van der Waals surface area contributed by atoms with Crippen LogP contribution in [0.2, 0.25) is 10.0 Å². The standard InChI is InChI=1S/C15H8Cl2O4/c16-7-5-10(12(18)11(17)6-7)15(21)13(19)8-3-1-2-4-9(8)14(15)20/h1-6,18,21H. The molecular weight excluding hydrogens is 315 g/mol. The molecule has 6 heteroatoms. The number of rotatable bonds is 1. The largest absolute Gasteiger partial charge is 0.506 e. The molecule has 0 aromatic heterocycles. The molecule has 21 heavy (non-hydrogen) atoms. The number of halogens is 2. The average molecular weight is 323 g/mol. The van der Waals surface area contributed by atoms with Crippen molar-refractivity contribution in [2.24, 2.45) is 0 Å². The summed E-state index contributed by atoms with van der Waals surface area (Å²) in [5.74, 6) is -2.16. The van der Waals surface area contributed by atoms with E-state index in [0.29, 0.717) is 0 Å². The molecule has 106 valence electrons. The van der Waals surface area contributed by atoms with Gasteiger partial charge in [-0.1, -0.05) is 47.5 Å². The van der Waals surface area contributed by atoms with Gasteiger partial charge in [0.2, 0.25) is 17.2 Å². The van der Waals surface area contributed by atoms with E-state index in [-0.39, 0.29) is 26.7 Å². The van der Waals surface area contributed by atoms with E-state index < -0.39 is 22.9 Å². The lowest BCUT2D eigenvalue weighted by Gasteiger charge is -2.21. The molecular formula is C15H8Cl2O4. The maximum atomic E-state index is 12.4. The van der Waals surface area contributed by atoms with Gasteiger partial charge in [0.05, 0.1) is 5.02 Å². The normalized spacial score (nSPS) is 16.1. The first kappa shape index (κ1) is 14.1. The summed E-state index contributed by atoms with van der Waals surface area (Å²) in [6, 6.07) is 8.46. The topological polar surface area (TPSA) is 74.6 Å². The van der Waals surface area contributed by atoms with Crippen LogP contribution in [-0.4, -0.2) is 21.8 Å². The van der Waals surface area contributed by atoms with E-state index in [2.05, 4.69) is 0 Å². The second kappa shape index (κ2) is 4.56. The Hall–Kier alpha value is -1.88. The maximum Gasteiger partial charge on any atom is 0.220 e. The summed E-state index contributed by atoms with van der Waals surface area (Å²) in [6.07, 6.45) is 0. The highest BCUT2D eigenvalue weighted by Gasteiger charge is 2.54. The Morgan fingerprint density at radius 2 is 1.48 bits per heavy atom. The molecule has 1 aliphatic rings. The Labute approximate surface area is 129 Å². The van der Waals surface area contributed by atoms with Crippen LogP contribution in [0.5, 0.6) is 5.75 Å². The van der Waals surface area contributed by atoms with Crippen molar-refractivity contribution in [1.29, 1.82) is 0 Å². The first-order valence-electron chi connectivity index (χ1n) is 5.97. The second-order valence-electron chi connectivity index (χ2n) is 4.70. The number of ketones is 2. The Morgan fingerprint density at radius 1 is 0.952 bits per heavy atom. The van der Waals surface area contributed by atoms with Crippen LogP contribution in [0.4, 0.5) is 0 Å². The van der Waals surface area contributed by atoms with Crippen LogP contribution in [0.15, 0.2) is 36.4 Å². The number of Topliss-reactive ketones (excluding diaryl/α,β-unsaturated/α-hetero) is 2. The third-order valence-corrected chi connectivity index (χ3v) is 4.00. The molecule has 0 atom stereocenters. The van der Waals surface area contributed by atoms with Gasteiger partial charge >= 0.3 is 0 Å². The summed E-state index contributed by atoms with van der Waals surface area (Å²) in [6.45, 7) is 0. The molecule has 0 spiro atoms. The number of carbonyl (C=O) groups excluding carboxylic acids is 2. The van der Waals surface area contributed by atoms with Gasteiger partial charge in [0, 0.05) is 21.7 Å². The molecule has 0 unspecified atom stereocenters. The molecule has 2 aromatic carbocycles. The van der Waals surface area contributed by atoms with Crippen molar-refractivity contribution in [3.05, 3.63) is 63.1 Å². The SMILES string of the molecule is O=C1c2ccccc2C(=O)C1(O)c1cc(Cl)cc(Cl)c1O. The fourth-order valence-electron chi connectivity index (χ4n) is 2.46. The smallest absolute Gasteiger partial charge is 0.220 e. The molecule has 4 nitrogen and oxygen atoms in total. The lowest BCUT2D eigenvalue weighted by atomic mass is 9.88. The predicted octanol–water partition coefficient (Wildman–Crippen LogP) is 2.97. The summed E-state index contributed by atoms with van der Waals surface area (Å²) < 4.78 is 0. The van der Waals surface area contributed by atoms with Crippen molar-refractivity contribution in [1.82, 2.24) is 0 Å². The van der Waals surface area contributed by atoms with E-state index >= 15 is 0 Å². The van der Waals surface area contributed by atoms with Gasteiger partial charge in [-0.25, -0.2) is 0 Å². The van der Waals surface area contributed by atoms with Gasteiger partial charge in [0.25, 0.3) is 0 Å². The number of carbonyl (C=O) groups is 2. The zero-order valence-electron chi connectivity index (χ0n) is 10.4.